The molecule has 13 nitrogen and oxygen atoms in total. The second-order valence-electron chi connectivity index (χ2n) is 11.5. The van der Waals surface area contributed by atoms with E-state index in [1.807, 2.05) is 48.5 Å². The minimum Gasteiger partial charge on any atom is -0.481 e. The standard InChI is InChI=1S/C33H40N6O7/c1-3-18(2)29(33(45)46)39-32(44)27(15-20-17-36-25-11-7-5-9-22(20)25)38-31(43)26(12-13-28(40)41)37-30(42)23(34)14-19-16-35-24-10-6-4-8-21(19)24/h4-11,16-18,23,26-27,29,35-36H,3,12-15,34H2,1-2H3,(H,37,42)(H,38,43)(H,39,44)(H,40,41)(H,45,46). The molecule has 5 atom stereocenters. The number of aliphatic carboxylic acids is 2. The van der Waals surface area contributed by atoms with E-state index in [0.717, 1.165) is 27.4 Å². The lowest BCUT2D eigenvalue weighted by Crippen LogP contribution is -2.58. The Hall–Kier alpha value is -5.17. The van der Waals surface area contributed by atoms with Gasteiger partial charge in [0.1, 0.15) is 18.1 Å². The van der Waals surface area contributed by atoms with Crippen LogP contribution in [0, 0.1) is 5.92 Å². The molecule has 2 aromatic heterocycles. The van der Waals surface area contributed by atoms with Crippen molar-refractivity contribution >= 4 is 51.5 Å². The average Bonchev–Trinajstić information content (AvgIpc) is 3.64. The van der Waals surface area contributed by atoms with Gasteiger partial charge in [-0.05, 0) is 42.0 Å². The number of H-pyrrole nitrogens is 2. The molecule has 0 aliphatic heterocycles. The van der Waals surface area contributed by atoms with E-state index in [9.17, 15) is 34.2 Å². The first-order valence-corrected chi connectivity index (χ1v) is 15.2. The number of carbonyl (C=O) groups is 5. The normalized spacial score (nSPS) is 14.6. The molecule has 0 saturated heterocycles. The zero-order chi connectivity index (χ0) is 33.4. The smallest absolute Gasteiger partial charge is 0.326 e. The number of fused-ring (bicyclic) bond motifs is 2. The number of benzene rings is 2. The number of para-hydroxylation sites is 2. The van der Waals surface area contributed by atoms with E-state index < -0.39 is 66.2 Å². The van der Waals surface area contributed by atoms with Gasteiger partial charge in [0.25, 0.3) is 0 Å². The molecule has 0 saturated carbocycles. The molecule has 2 heterocycles. The molecule has 0 fully saturated rings. The number of carbonyl (C=O) groups excluding carboxylic acids is 3. The molecule has 46 heavy (non-hydrogen) atoms. The van der Waals surface area contributed by atoms with E-state index in [1.165, 1.54) is 0 Å². The van der Waals surface area contributed by atoms with Crippen LogP contribution >= 0.6 is 0 Å². The van der Waals surface area contributed by atoms with E-state index in [-0.39, 0.29) is 19.3 Å². The molecular weight excluding hydrogens is 592 g/mol. The van der Waals surface area contributed by atoms with Gasteiger partial charge in [-0.25, -0.2) is 4.79 Å². The predicted molar refractivity (Wildman–Crippen MR) is 172 cm³/mol. The minimum absolute atomic E-state index is 0.00585. The van der Waals surface area contributed by atoms with Crippen LogP contribution in [0.2, 0.25) is 0 Å². The number of aromatic nitrogens is 2. The van der Waals surface area contributed by atoms with E-state index in [1.54, 1.807) is 26.2 Å². The van der Waals surface area contributed by atoms with Gasteiger partial charge in [0, 0.05) is 47.0 Å². The van der Waals surface area contributed by atoms with Crippen LogP contribution in [0.4, 0.5) is 0 Å². The predicted octanol–water partition coefficient (Wildman–Crippen LogP) is 2.21. The summed E-state index contributed by atoms with van der Waals surface area (Å²) in [6.45, 7) is 3.50. The third-order valence-electron chi connectivity index (χ3n) is 8.24. The van der Waals surface area contributed by atoms with Gasteiger partial charge in [0.05, 0.1) is 6.04 Å². The zero-order valence-electron chi connectivity index (χ0n) is 25.7. The van der Waals surface area contributed by atoms with Crippen molar-refractivity contribution in [3.63, 3.8) is 0 Å². The van der Waals surface area contributed by atoms with Crippen LogP contribution < -0.4 is 21.7 Å². The van der Waals surface area contributed by atoms with Crippen molar-refractivity contribution in [1.29, 1.82) is 0 Å². The minimum atomic E-state index is -1.33. The third-order valence-corrected chi connectivity index (χ3v) is 8.24. The molecule has 244 valence electrons. The van der Waals surface area contributed by atoms with Crippen molar-refractivity contribution in [3.05, 3.63) is 72.1 Å². The van der Waals surface area contributed by atoms with E-state index in [2.05, 4.69) is 25.9 Å². The zero-order valence-corrected chi connectivity index (χ0v) is 25.7. The number of carboxylic acid groups (broad SMARTS) is 2. The topological polar surface area (TPSA) is 220 Å². The lowest BCUT2D eigenvalue weighted by Gasteiger charge is -2.26. The lowest BCUT2D eigenvalue weighted by atomic mass is 9.97. The van der Waals surface area contributed by atoms with Gasteiger partial charge in [0.2, 0.25) is 17.7 Å². The van der Waals surface area contributed by atoms with Gasteiger partial charge >= 0.3 is 11.9 Å². The number of amides is 3. The van der Waals surface area contributed by atoms with E-state index >= 15 is 0 Å². The summed E-state index contributed by atoms with van der Waals surface area (Å²) < 4.78 is 0. The second-order valence-corrected chi connectivity index (χ2v) is 11.5. The molecule has 0 radical (unpaired) electrons. The average molecular weight is 633 g/mol. The number of carboxylic acids is 2. The monoisotopic (exact) mass is 632 g/mol. The van der Waals surface area contributed by atoms with Crippen LogP contribution in [0.15, 0.2) is 60.9 Å². The Labute approximate surface area is 265 Å². The molecular formula is C33H40N6O7. The fourth-order valence-corrected chi connectivity index (χ4v) is 5.38. The van der Waals surface area contributed by atoms with Crippen molar-refractivity contribution in [2.75, 3.05) is 0 Å². The van der Waals surface area contributed by atoms with E-state index in [4.69, 9.17) is 5.73 Å². The van der Waals surface area contributed by atoms with Crippen molar-refractivity contribution in [1.82, 2.24) is 25.9 Å². The first-order chi connectivity index (χ1) is 22.0. The molecule has 4 rings (SSSR count). The Morgan fingerprint density at radius 1 is 0.761 bits per heavy atom. The molecule has 3 amide bonds. The molecule has 0 aliphatic carbocycles. The van der Waals surface area contributed by atoms with Crippen LogP contribution in [0.3, 0.4) is 0 Å². The van der Waals surface area contributed by atoms with Gasteiger partial charge in [-0.2, -0.15) is 0 Å². The third kappa shape index (κ3) is 8.30. The Morgan fingerprint density at radius 2 is 1.28 bits per heavy atom. The first kappa shape index (κ1) is 33.7. The fourth-order valence-electron chi connectivity index (χ4n) is 5.38. The molecule has 4 aromatic rings. The van der Waals surface area contributed by atoms with Crippen LogP contribution in [-0.2, 0) is 36.8 Å². The maximum Gasteiger partial charge on any atom is 0.326 e. The molecule has 0 aliphatic rings. The Bertz CT molecular complexity index is 1710. The molecule has 2 aromatic carbocycles. The van der Waals surface area contributed by atoms with Gasteiger partial charge in [-0.15, -0.1) is 0 Å². The largest absolute Gasteiger partial charge is 0.481 e. The SMILES string of the molecule is CCC(C)C(NC(=O)C(Cc1c[nH]c2ccccc12)NC(=O)C(CCC(=O)O)NC(=O)C(N)Cc1c[nH]c2ccccc12)C(=O)O. The van der Waals surface area contributed by atoms with Crippen molar-refractivity contribution in [3.8, 4) is 0 Å². The number of nitrogens with two attached hydrogens (primary N) is 1. The highest BCUT2D eigenvalue weighted by Crippen LogP contribution is 2.21. The summed E-state index contributed by atoms with van der Waals surface area (Å²) in [5, 5.41) is 28.6. The Morgan fingerprint density at radius 3 is 1.83 bits per heavy atom. The Balaban J connectivity index is 1.55. The molecule has 13 heteroatoms. The Kier molecular flexibility index (Phi) is 11.2. The summed E-state index contributed by atoms with van der Waals surface area (Å²) in [7, 11) is 0. The van der Waals surface area contributed by atoms with E-state index in [0.29, 0.717) is 12.0 Å². The van der Waals surface area contributed by atoms with Crippen LogP contribution in [0.1, 0.15) is 44.2 Å². The summed E-state index contributed by atoms with van der Waals surface area (Å²) >= 11 is 0. The highest BCUT2D eigenvalue weighted by atomic mass is 16.4. The summed E-state index contributed by atoms with van der Waals surface area (Å²) in [5.74, 6) is -4.99. The van der Waals surface area contributed by atoms with Crippen molar-refractivity contribution < 1.29 is 34.2 Å². The summed E-state index contributed by atoms with van der Waals surface area (Å²) in [6, 6.07) is 10.1. The molecule has 0 spiro atoms. The summed E-state index contributed by atoms with van der Waals surface area (Å²) in [5.41, 5.74) is 9.40. The quantitative estimate of drug-likeness (QED) is 0.0913. The number of nitrogens with one attached hydrogen (secondary N) is 5. The van der Waals surface area contributed by atoms with Crippen molar-refractivity contribution in [2.24, 2.45) is 11.7 Å². The first-order valence-electron chi connectivity index (χ1n) is 15.2. The molecule has 9 N–H and O–H groups in total. The van der Waals surface area contributed by atoms with Gasteiger partial charge in [-0.3, -0.25) is 19.2 Å². The number of rotatable bonds is 16. The molecule has 0 bridgehead atoms. The van der Waals surface area contributed by atoms with Gasteiger partial charge < -0.3 is 41.9 Å². The van der Waals surface area contributed by atoms with Crippen LogP contribution in [0.25, 0.3) is 21.8 Å². The highest BCUT2D eigenvalue weighted by Gasteiger charge is 2.33. The lowest BCUT2D eigenvalue weighted by molar-refractivity contribution is -0.143. The van der Waals surface area contributed by atoms with Crippen LogP contribution in [0.5, 0.6) is 0 Å². The van der Waals surface area contributed by atoms with Crippen molar-refractivity contribution in [2.45, 2.75) is 70.1 Å². The second kappa shape index (κ2) is 15.2. The highest BCUT2D eigenvalue weighted by molar-refractivity contribution is 5.95. The van der Waals surface area contributed by atoms with Gasteiger partial charge in [-0.1, -0.05) is 56.7 Å². The van der Waals surface area contributed by atoms with Crippen LogP contribution in [-0.4, -0.2) is 74.0 Å². The molecule has 5 unspecified atom stereocenters. The fraction of sp³-hybridized carbons (Fsp3) is 0.364. The number of hydrogen-bond donors (Lipinski definition) is 8. The maximum absolute atomic E-state index is 13.7. The number of hydrogen-bond acceptors (Lipinski definition) is 6. The number of aromatic amines is 2. The maximum atomic E-state index is 13.7. The summed E-state index contributed by atoms with van der Waals surface area (Å²) in [4.78, 5) is 70.1. The van der Waals surface area contributed by atoms with Gasteiger partial charge in [0.15, 0.2) is 0 Å². The summed E-state index contributed by atoms with van der Waals surface area (Å²) in [6.07, 6.45) is 3.38.